The van der Waals surface area contributed by atoms with Crippen LogP contribution in [0.3, 0.4) is 0 Å². The van der Waals surface area contributed by atoms with Gasteiger partial charge in [0, 0.05) is 5.02 Å². The summed E-state index contributed by atoms with van der Waals surface area (Å²) in [6.45, 7) is -0.515. The van der Waals surface area contributed by atoms with Crippen molar-refractivity contribution in [2.75, 3.05) is 16.8 Å². The van der Waals surface area contributed by atoms with Crippen LogP contribution in [0.15, 0.2) is 42.5 Å². The SMILES string of the molecule is O=C(COC(=O)c1ccc(N2C(=O)[C@@H]3[C@H]4CC[C@@H](C4)[C@H]3C2=O)cc1)Nc1cc(Cl)ccc1Cl. The van der Waals surface area contributed by atoms with Gasteiger partial charge < -0.3 is 10.1 Å². The lowest BCUT2D eigenvalue weighted by atomic mass is 9.81. The summed E-state index contributed by atoms with van der Waals surface area (Å²) in [5.41, 5.74) is 0.961. The van der Waals surface area contributed by atoms with Crippen LogP contribution >= 0.6 is 23.2 Å². The molecule has 2 aromatic rings. The highest BCUT2D eigenvalue weighted by Crippen LogP contribution is 2.56. The van der Waals surface area contributed by atoms with Gasteiger partial charge in [-0.2, -0.15) is 0 Å². The van der Waals surface area contributed by atoms with Gasteiger partial charge >= 0.3 is 5.97 Å². The van der Waals surface area contributed by atoms with Crippen molar-refractivity contribution in [3.8, 4) is 0 Å². The molecule has 1 aliphatic heterocycles. The molecule has 0 spiro atoms. The summed E-state index contributed by atoms with van der Waals surface area (Å²) < 4.78 is 5.06. The van der Waals surface area contributed by atoms with Gasteiger partial charge in [-0.15, -0.1) is 0 Å². The molecule has 7 nitrogen and oxygen atoms in total. The normalized spacial score (nSPS) is 25.3. The van der Waals surface area contributed by atoms with E-state index in [9.17, 15) is 19.2 Å². The first-order chi connectivity index (χ1) is 15.8. The van der Waals surface area contributed by atoms with Gasteiger partial charge in [-0.1, -0.05) is 23.2 Å². The number of anilines is 2. The molecule has 33 heavy (non-hydrogen) atoms. The number of benzene rings is 2. The van der Waals surface area contributed by atoms with E-state index in [1.807, 2.05) is 0 Å². The van der Waals surface area contributed by atoms with Crippen LogP contribution in [0.2, 0.25) is 10.0 Å². The monoisotopic (exact) mass is 486 g/mol. The molecular weight excluding hydrogens is 467 g/mol. The molecule has 1 saturated heterocycles. The predicted molar refractivity (Wildman–Crippen MR) is 122 cm³/mol. The van der Waals surface area contributed by atoms with Crippen LogP contribution in [0.25, 0.3) is 0 Å². The molecule has 2 bridgehead atoms. The second-order valence-corrected chi connectivity index (χ2v) is 9.54. The van der Waals surface area contributed by atoms with Crippen molar-refractivity contribution in [1.29, 1.82) is 0 Å². The maximum absolute atomic E-state index is 12.9. The van der Waals surface area contributed by atoms with Crippen LogP contribution in [0.4, 0.5) is 11.4 Å². The second kappa shape index (κ2) is 8.47. The number of nitrogens with zero attached hydrogens (tertiary/aromatic N) is 1. The molecule has 0 aromatic heterocycles. The van der Waals surface area contributed by atoms with Gasteiger partial charge in [-0.3, -0.25) is 19.3 Å². The fourth-order valence-corrected chi connectivity index (χ4v) is 5.74. The minimum Gasteiger partial charge on any atom is -0.452 e. The topological polar surface area (TPSA) is 92.8 Å². The summed E-state index contributed by atoms with van der Waals surface area (Å²) in [7, 11) is 0. The second-order valence-electron chi connectivity index (χ2n) is 8.69. The molecule has 3 fully saturated rings. The Bertz CT molecular complexity index is 1140. The van der Waals surface area contributed by atoms with Crippen LogP contribution in [-0.4, -0.2) is 30.3 Å². The first kappa shape index (κ1) is 21.9. The molecule has 2 saturated carbocycles. The highest BCUT2D eigenvalue weighted by molar-refractivity contribution is 6.35. The molecule has 1 heterocycles. The highest BCUT2D eigenvalue weighted by atomic mass is 35.5. The maximum Gasteiger partial charge on any atom is 0.338 e. The number of carbonyl (C=O) groups is 4. The Morgan fingerprint density at radius 1 is 0.970 bits per heavy atom. The Hall–Kier alpha value is -2.90. The molecule has 4 atom stereocenters. The smallest absolute Gasteiger partial charge is 0.338 e. The van der Waals surface area contributed by atoms with Crippen molar-refractivity contribution >= 4 is 58.3 Å². The van der Waals surface area contributed by atoms with Gasteiger partial charge in [-0.25, -0.2) is 4.79 Å². The molecule has 1 N–H and O–H groups in total. The Labute approximate surface area is 200 Å². The highest BCUT2D eigenvalue weighted by Gasteiger charge is 2.61. The van der Waals surface area contributed by atoms with E-state index in [1.54, 1.807) is 24.3 Å². The van der Waals surface area contributed by atoms with Gasteiger partial charge in [0.05, 0.1) is 33.8 Å². The molecule has 2 aromatic carbocycles. The van der Waals surface area contributed by atoms with E-state index in [-0.39, 0.29) is 29.2 Å². The van der Waals surface area contributed by atoms with Gasteiger partial charge in [0.2, 0.25) is 11.8 Å². The van der Waals surface area contributed by atoms with E-state index in [4.69, 9.17) is 27.9 Å². The van der Waals surface area contributed by atoms with Gasteiger partial charge in [0.15, 0.2) is 6.61 Å². The number of ether oxygens (including phenoxy) is 1. The van der Waals surface area contributed by atoms with E-state index in [1.165, 1.54) is 23.1 Å². The minimum atomic E-state index is -0.706. The fourth-order valence-electron chi connectivity index (χ4n) is 5.40. The van der Waals surface area contributed by atoms with E-state index in [0.717, 1.165) is 19.3 Å². The average Bonchev–Trinajstić information content (AvgIpc) is 3.48. The quantitative estimate of drug-likeness (QED) is 0.501. The van der Waals surface area contributed by atoms with Crippen molar-refractivity contribution in [2.45, 2.75) is 19.3 Å². The number of hydrogen-bond donors (Lipinski definition) is 1. The van der Waals surface area contributed by atoms with Crippen LogP contribution < -0.4 is 10.2 Å². The lowest BCUT2D eigenvalue weighted by Crippen LogP contribution is -2.32. The van der Waals surface area contributed by atoms with Crippen LogP contribution in [0.5, 0.6) is 0 Å². The predicted octanol–water partition coefficient (Wildman–Crippen LogP) is 4.32. The number of amides is 3. The molecule has 0 radical (unpaired) electrons. The minimum absolute atomic E-state index is 0.135. The van der Waals surface area contributed by atoms with Gasteiger partial charge in [0.25, 0.3) is 5.91 Å². The third-order valence-corrected chi connectivity index (χ3v) is 7.39. The molecule has 170 valence electrons. The number of carbonyl (C=O) groups excluding carboxylic acids is 4. The zero-order chi connectivity index (χ0) is 23.3. The van der Waals surface area contributed by atoms with Gasteiger partial charge in [0.1, 0.15) is 0 Å². The molecular formula is C24H20Cl2N2O5. The Kier molecular flexibility index (Phi) is 5.62. The first-order valence-electron chi connectivity index (χ1n) is 10.7. The summed E-state index contributed by atoms with van der Waals surface area (Å²) >= 11 is 11.9. The number of rotatable bonds is 5. The molecule has 9 heteroatoms. The summed E-state index contributed by atoms with van der Waals surface area (Å²) in [6, 6.07) is 10.7. The van der Waals surface area contributed by atoms with Crippen molar-refractivity contribution < 1.29 is 23.9 Å². The first-order valence-corrected chi connectivity index (χ1v) is 11.5. The Balaban J connectivity index is 1.20. The van der Waals surface area contributed by atoms with Crippen molar-refractivity contribution in [3.05, 3.63) is 58.1 Å². The third-order valence-electron chi connectivity index (χ3n) is 6.83. The Morgan fingerprint density at radius 3 is 2.24 bits per heavy atom. The van der Waals surface area contributed by atoms with E-state index in [0.29, 0.717) is 33.3 Å². The van der Waals surface area contributed by atoms with Crippen molar-refractivity contribution in [2.24, 2.45) is 23.7 Å². The molecule has 5 rings (SSSR count). The van der Waals surface area contributed by atoms with Crippen LogP contribution in [0.1, 0.15) is 29.6 Å². The summed E-state index contributed by atoms with van der Waals surface area (Å²) in [6.07, 6.45) is 3.00. The molecule has 0 unspecified atom stereocenters. The maximum atomic E-state index is 12.9. The van der Waals surface area contributed by atoms with E-state index < -0.39 is 18.5 Å². The van der Waals surface area contributed by atoms with Crippen LogP contribution in [-0.2, 0) is 19.1 Å². The lowest BCUT2D eigenvalue weighted by molar-refractivity contribution is -0.123. The average molecular weight is 487 g/mol. The zero-order valence-electron chi connectivity index (χ0n) is 17.4. The number of nitrogens with one attached hydrogen (secondary N) is 1. The summed E-state index contributed by atoms with van der Waals surface area (Å²) in [5, 5.41) is 3.24. The lowest BCUT2D eigenvalue weighted by Gasteiger charge is -2.19. The number of imide groups is 1. The number of esters is 1. The summed E-state index contributed by atoms with van der Waals surface area (Å²) in [4.78, 5) is 51.6. The molecule has 2 aliphatic carbocycles. The number of halogens is 2. The third kappa shape index (κ3) is 3.89. The van der Waals surface area contributed by atoms with Crippen LogP contribution in [0, 0.1) is 23.7 Å². The number of hydrogen-bond acceptors (Lipinski definition) is 5. The summed E-state index contributed by atoms with van der Waals surface area (Å²) in [5.74, 6) is -1.33. The van der Waals surface area contributed by atoms with Gasteiger partial charge in [-0.05, 0) is 73.6 Å². The van der Waals surface area contributed by atoms with Crippen molar-refractivity contribution in [3.63, 3.8) is 0 Å². The molecule has 3 aliphatic rings. The van der Waals surface area contributed by atoms with E-state index in [2.05, 4.69) is 5.32 Å². The van der Waals surface area contributed by atoms with E-state index >= 15 is 0 Å². The molecule has 3 amide bonds. The fraction of sp³-hybridized carbons (Fsp3) is 0.333. The standard InChI is InChI=1S/C24H20Cl2N2O5/c25-15-5-8-17(26)18(10-15)27-19(29)11-33-24(32)12-3-6-16(7-4-12)28-22(30)20-13-1-2-14(9-13)21(20)23(28)31/h3-8,10,13-14,20-21H,1-2,9,11H2,(H,27,29)/t13-,14-,20+,21+/m0/s1. The zero-order valence-corrected chi connectivity index (χ0v) is 18.9. The largest absolute Gasteiger partial charge is 0.452 e. The van der Waals surface area contributed by atoms with Crippen molar-refractivity contribution in [1.82, 2.24) is 0 Å². The number of fused-ring (bicyclic) bond motifs is 5. The Morgan fingerprint density at radius 2 is 1.61 bits per heavy atom.